The molecule has 1 fully saturated rings. The molecule has 4 nitrogen and oxygen atoms in total. The summed E-state index contributed by atoms with van der Waals surface area (Å²) in [6.07, 6.45) is 1.39. The van der Waals surface area contributed by atoms with Crippen molar-refractivity contribution in [1.29, 1.82) is 0 Å². The molecule has 1 aliphatic heterocycles. The molecule has 1 aromatic carbocycles. The van der Waals surface area contributed by atoms with Crippen LogP contribution in [0.2, 0.25) is 0 Å². The highest BCUT2D eigenvalue weighted by Gasteiger charge is 2.39. The Balaban J connectivity index is 2.09. The van der Waals surface area contributed by atoms with Crippen molar-refractivity contribution in [1.82, 2.24) is 5.32 Å². The van der Waals surface area contributed by atoms with E-state index in [0.29, 0.717) is 41.8 Å². The van der Waals surface area contributed by atoms with Crippen LogP contribution in [0.5, 0.6) is 0 Å². The summed E-state index contributed by atoms with van der Waals surface area (Å²) in [5.74, 6) is -2.59. The normalized spacial score (nSPS) is 17.5. The predicted molar refractivity (Wildman–Crippen MR) is 83.3 cm³/mol. The van der Waals surface area contributed by atoms with Crippen LogP contribution in [0.25, 0.3) is 0 Å². The Labute approximate surface area is 133 Å². The van der Waals surface area contributed by atoms with E-state index in [9.17, 15) is 13.6 Å². The summed E-state index contributed by atoms with van der Waals surface area (Å²) >= 11 is 0.465. The van der Waals surface area contributed by atoms with E-state index in [0.717, 1.165) is 13.1 Å². The number of amides is 1. The van der Waals surface area contributed by atoms with Gasteiger partial charge in [-0.15, -0.1) is 0 Å². The molecule has 0 saturated carbocycles. The van der Waals surface area contributed by atoms with Crippen molar-refractivity contribution < 1.29 is 18.3 Å². The van der Waals surface area contributed by atoms with Gasteiger partial charge in [0, 0.05) is 17.7 Å². The van der Waals surface area contributed by atoms with Gasteiger partial charge in [0.1, 0.15) is 0 Å². The number of hydrogen-bond acceptors (Lipinski definition) is 4. The Kier molecular flexibility index (Phi) is 6.16. The van der Waals surface area contributed by atoms with Gasteiger partial charge >= 0.3 is 0 Å². The second kappa shape index (κ2) is 7.89. The van der Waals surface area contributed by atoms with Crippen LogP contribution in [-0.2, 0) is 9.53 Å². The summed E-state index contributed by atoms with van der Waals surface area (Å²) < 4.78 is 30.1. The quantitative estimate of drug-likeness (QED) is 0.788. The van der Waals surface area contributed by atoms with Gasteiger partial charge in [-0.25, -0.2) is 0 Å². The molecule has 1 heterocycles. The van der Waals surface area contributed by atoms with Crippen molar-refractivity contribution in [3.63, 3.8) is 0 Å². The molecule has 122 valence electrons. The van der Waals surface area contributed by atoms with E-state index in [4.69, 9.17) is 4.74 Å². The fourth-order valence-electron chi connectivity index (χ4n) is 2.63. The fraction of sp³-hybridized carbons (Fsp3) is 0.533. The number of anilines is 1. The highest BCUT2D eigenvalue weighted by atomic mass is 32.2. The summed E-state index contributed by atoms with van der Waals surface area (Å²) in [5, 5.41) is 6.07. The van der Waals surface area contributed by atoms with Crippen molar-refractivity contribution >= 4 is 23.4 Å². The standard InChI is InChI=1S/C15H20F2N2O2S/c1-21-10-15(5-7-18-8-6-15)13(20)19-11-3-2-4-12(9-11)22-14(16)17/h2-4,9,14,18H,5-8,10H2,1H3,(H,19,20). The minimum atomic E-state index is -2.48. The number of methoxy groups -OCH3 is 1. The van der Waals surface area contributed by atoms with Gasteiger partial charge in [-0.1, -0.05) is 17.8 Å². The van der Waals surface area contributed by atoms with E-state index >= 15 is 0 Å². The van der Waals surface area contributed by atoms with E-state index in [1.807, 2.05) is 0 Å². The first-order valence-corrected chi connectivity index (χ1v) is 8.00. The van der Waals surface area contributed by atoms with Crippen molar-refractivity contribution in [2.75, 3.05) is 32.1 Å². The Hall–Kier alpha value is -1.18. The SMILES string of the molecule is COCC1(C(=O)Nc2cccc(SC(F)F)c2)CCNCC1. The first kappa shape index (κ1) is 17.2. The highest BCUT2D eigenvalue weighted by molar-refractivity contribution is 7.99. The lowest BCUT2D eigenvalue weighted by Gasteiger charge is -2.35. The van der Waals surface area contributed by atoms with E-state index < -0.39 is 11.2 Å². The molecule has 1 aromatic rings. The molecular formula is C15H20F2N2O2S. The number of thioether (sulfide) groups is 1. The zero-order valence-corrected chi connectivity index (χ0v) is 13.2. The molecule has 0 bridgehead atoms. The van der Waals surface area contributed by atoms with Crippen molar-refractivity contribution in [3.05, 3.63) is 24.3 Å². The summed E-state index contributed by atoms with van der Waals surface area (Å²) in [7, 11) is 1.58. The number of ether oxygens (including phenoxy) is 1. The Morgan fingerprint density at radius 3 is 2.82 bits per heavy atom. The largest absolute Gasteiger partial charge is 0.384 e. The van der Waals surface area contributed by atoms with Gasteiger partial charge in [-0.3, -0.25) is 4.79 Å². The number of benzene rings is 1. The first-order valence-electron chi connectivity index (χ1n) is 7.12. The first-order chi connectivity index (χ1) is 10.6. The van der Waals surface area contributed by atoms with Crippen molar-refractivity contribution in [2.24, 2.45) is 5.41 Å². The lowest BCUT2D eigenvalue weighted by Crippen LogP contribution is -2.47. The second-order valence-electron chi connectivity index (χ2n) is 5.32. The third kappa shape index (κ3) is 4.41. The molecule has 0 unspecified atom stereocenters. The molecule has 0 radical (unpaired) electrons. The molecule has 0 atom stereocenters. The van der Waals surface area contributed by atoms with E-state index in [1.54, 1.807) is 31.4 Å². The van der Waals surface area contributed by atoms with Gasteiger partial charge in [-0.2, -0.15) is 8.78 Å². The van der Waals surface area contributed by atoms with Crippen molar-refractivity contribution in [2.45, 2.75) is 23.5 Å². The van der Waals surface area contributed by atoms with Gasteiger partial charge < -0.3 is 15.4 Å². The smallest absolute Gasteiger partial charge is 0.288 e. The van der Waals surface area contributed by atoms with Crippen LogP contribution >= 0.6 is 11.8 Å². The maximum absolute atomic E-state index is 12.6. The van der Waals surface area contributed by atoms with Gasteiger partial charge in [0.25, 0.3) is 5.76 Å². The zero-order valence-electron chi connectivity index (χ0n) is 12.4. The molecule has 2 rings (SSSR count). The molecule has 0 aromatic heterocycles. The average Bonchev–Trinajstić information content (AvgIpc) is 2.48. The molecule has 1 amide bonds. The summed E-state index contributed by atoms with van der Waals surface area (Å²) in [4.78, 5) is 13.1. The van der Waals surface area contributed by atoms with Crippen LogP contribution in [0.15, 0.2) is 29.2 Å². The maximum Gasteiger partial charge on any atom is 0.288 e. The molecule has 0 aliphatic carbocycles. The molecule has 0 spiro atoms. The number of halogens is 2. The topological polar surface area (TPSA) is 50.4 Å². The molecule has 2 N–H and O–H groups in total. The van der Waals surface area contributed by atoms with E-state index in [2.05, 4.69) is 10.6 Å². The van der Waals surface area contributed by atoms with Crippen molar-refractivity contribution in [3.8, 4) is 0 Å². The summed E-state index contributed by atoms with van der Waals surface area (Å²) in [6, 6.07) is 6.53. The Morgan fingerprint density at radius 1 is 1.45 bits per heavy atom. The molecule has 22 heavy (non-hydrogen) atoms. The lowest BCUT2D eigenvalue weighted by molar-refractivity contribution is -0.130. The van der Waals surface area contributed by atoms with Crippen LogP contribution in [-0.4, -0.2) is 38.5 Å². The summed E-state index contributed by atoms with van der Waals surface area (Å²) in [5.41, 5.74) is -0.0315. The molecule has 1 aliphatic rings. The number of piperidine rings is 1. The monoisotopic (exact) mass is 330 g/mol. The number of carbonyl (C=O) groups is 1. The van der Waals surface area contributed by atoms with E-state index in [1.165, 1.54) is 0 Å². The van der Waals surface area contributed by atoms with Gasteiger partial charge in [0.05, 0.1) is 12.0 Å². The zero-order chi connectivity index (χ0) is 16.0. The molecule has 7 heteroatoms. The van der Waals surface area contributed by atoms with Crippen LogP contribution < -0.4 is 10.6 Å². The van der Waals surface area contributed by atoms with Gasteiger partial charge in [0.2, 0.25) is 5.91 Å². The predicted octanol–water partition coefficient (Wildman–Crippen LogP) is 2.96. The number of carbonyl (C=O) groups excluding carboxylic acids is 1. The fourth-order valence-corrected chi connectivity index (χ4v) is 3.19. The molecule has 1 saturated heterocycles. The Bertz CT molecular complexity index is 503. The maximum atomic E-state index is 12.6. The lowest BCUT2D eigenvalue weighted by atomic mass is 9.78. The minimum Gasteiger partial charge on any atom is -0.384 e. The molecular weight excluding hydrogens is 310 g/mol. The minimum absolute atomic E-state index is 0.116. The number of nitrogens with one attached hydrogen (secondary N) is 2. The number of hydrogen-bond donors (Lipinski definition) is 2. The van der Waals surface area contributed by atoms with Crippen LogP contribution in [0.4, 0.5) is 14.5 Å². The number of alkyl halides is 2. The summed E-state index contributed by atoms with van der Waals surface area (Å²) in [6.45, 7) is 1.88. The third-order valence-electron chi connectivity index (χ3n) is 3.78. The third-order valence-corrected chi connectivity index (χ3v) is 4.48. The van der Waals surface area contributed by atoms with Gasteiger partial charge in [0.15, 0.2) is 0 Å². The van der Waals surface area contributed by atoms with E-state index in [-0.39, 0.29) is 5.91 Å². The van der Waals surface area contributed by atoms with Gasteiger partial charge in [-0.05, 0) is 44.1 Å². The second-order valence-corrected chi connectivity index (χ2v) is 6.39. The Morgan fingerprint density at radius 2 is 2.18 bits per heavy atom. The number of rotatable bonds is 6. The van der Waals surface area contributed by atoms with Crippen LogP contribution in [0.1, 0.15) is 12.8 Å². The van der Waals surface area contributed by atoms with Crippen LogP contribution in [0, 0.1) is 5.41 Å². The van der Waals surface area contributed by atoms with Crippen LogP contribution in [0.3, 0.4) is 0 Å². The highest BCUT2D eigenvalue weighted by Crippen LogP contribution is 2.32. The average molecular weight is 330 g/mol.